The molecule has 0 aliphatic carbocycles. The van der Waals surface area contributed by atoms with Gasteiger partial charge in [-0.05, 0) is 61.7 Å². The molecule has 7 nitrogen and oxygen atoms in total. The second-order valence-electron chi connectivity index (χ2n) is 7.61. The van der Waals surface area contributed by atoms with E-state index in [4.69, 9.17) is 16.2 Å². The molecule has 0 aromatic heterocycles. The number of amides is 1. The molecule has 2 rings (SSSR count). The molecule has 0 saturated heterocycles. The number of benzene rings is 2. The van der Waals surface area contributed by atoms with Crippen LogP contribution in [0.25, 0.3) is 0 Å². The summed E-state index contributed by atoms with van der Waals surface area (Å²) >= 11 is 0. The van der Waals surface area contributed by atoms with Crippen molar-refractivity contribution in [3.8, 4) is 0 Å². The van der Waals surface area contributed by atoms with Gasteiger partial charge in [0.05, 0.1) is 11.7 Å². The molecule has 12 heteroatoms. The van der Waals surface area contributed by atoms with Gasteiger partial charge in [0.2, 0.25) is 5.96 Å². The SMILES string of the molecule is CCOCCCN/C(=N/C(=O)c1ccc(C(F)(F)F)cc1)NC(N)CC(N)c1cc(F)cc(F)c1. The first-order chi connectivity index (χ1) is 16.5. The molecule has 0 aliphatic rings. The van der Waals surface area contributed by atoms with Crippen molar-refractivity contribution < 1.29 is 31.5 Å². The van der Waals surface area contributed by atoms with Crippen LogP contribution in [0.4, 0.5) is 22.0 Å². The Kier molecular flexibility index (Phi) is 10.6. The summed E-state index contributed by atoms with van der Waals surface area (Å²) in [4.78, 5) is 16.4. The molecule has 0 aliphatic heterocycles. The number of nitrogens with two attached hydrogens (primary N) is 2. The topological polar surface area (TPSA) is 115 Å². The Hall–Kier alpha value is -3.09. The lowest BCUT2D eigenvalue weighted by atomic mass is 10.0. The molecule has 0 bridgehead atoms. The monoisotopic (exact) mass is 501 g/mol. The summed E-state index contributed by atoms with van der Waals surface area (Å²) in [5.74, 6) is -2.39. The maximum Gasteiger partial charge on any atom is 0.416 e. The predicted molar refractivity (Wildman–Crippen MR) is 121 cm³/mol. The van der Waals surface area contributed by atoms with E-state index < -0.39 is 41.5 Å². The highest BCUT2D eigenvalue weighted by Gasteiger charge is 2.30. The van der Waals surface area contributed by atoms with Gasteiger partial charge in [-0.3, -0.25) is 4.79 Å². The van der Waals surface area contributed by atoms with Gasteiger partial charge in [-0.2, -0.15) is 18.2 Å². The van der Waals surface area contributed by atoms with Crippen LogP contribution in [0.5, 0.6) is 0 Å². The zero-order valence-corrected chi connectivity index (χ0v) is 19.0. The number of aliphatic imine (C=N–C) groups is 1. The normalized spacial score (nSPS) is 13.9. The minimum Gasteiger partial charge on any atom is -0.382 e. The number of alkyl halides is 3. The Morgan fingerprint density at radius 3 is 2.29 bits per heavy atom. The predicted octanol–water partition coefficient (Wildman–Crippen LogP) is 3.46. The van der Waals surface area contributed by atoms with E-state index in [-0.39, 0.29) is 23.5 Å². The fourth-order valence-corrected chi connectivity index (χ4v) is 3.05. The number of nitrogens with one attached hydrogen (secondary N) is 2. The molecule has 35 heavy (non-hydrogen) atoms. The largest absolute Gasteiger partial charge is 0.416 e. The van der Waals surface area contributed by atoms with Crippen LogP contribution in [0.1, 0.15) is 47.3 Å². The lowest BCUT2D eigenvalue weighted by molar-refractivity contribution is -0.137. The Labute approximate surface area is 199 Å². The third kappa shape index (κ3) is 9.59. The van der Waals surface area contributed by atoms with E-state index in [1.165, 1.54) is 0 Å². The number of hydrogen-bond donors (Lipinski definition) is 4. The van der Waals surface area contributed by atoms with Crippen LogP contribution in [0.15, 0.2) is 47.5 Å². The van der Waals surface area contributed by atoms with Crippen molar-refractivity contribution >= 4 is 11.9 Å². The first-order valence-corrected chi connectivity index (χ1v) is 10.8. The van der Waals surface area contributed by atoms with Crippen LogP contribution in [-0.4, -0.2) is 37.8 Å². The van der Waals surface area contributed by atoms with Crippen LogP contribution >= 0.6 is 0 Å². The molecule has 0 fully saturated rings. The molecule has 2 aromatic carbocycles. The number of hydrogen-bond acceptors (Lipinski definition) is 4. The lowest BCUT2D eigenvalue weighted by Gasteiger charge is -2.21. The van der Waals surface area contributed by atoms with Gasteiger partial charge in [0.1, 0.15) is 11.6 Å². The number of halogens is 5. The van der Waals surface area contributed by atoms with Gasteiger partial charge in [0.25, 0.3) is 5.91 Å². The first-order valence-electron chi connectivity index (χ1n) is 10.8. The molecule has 1 amide bonds. The quantitative estimate of drug-likeness (QED) is 0.130. The average Bonchev–Trinajstić information content (AvgIpc) is 2.77. The van der Waals surface area contributed by atoms with Crippen molar-refractivity contribution in [1.82, 2.24) is 10.6 Å². The highest BCUT2D eigenvalue weighted by Crippen LogP contribution is 2.29. The van der Waals surface area contributed by atoms with Gasteiger partial charge in [0.15, 0.2) is 0 Å². The molecule has 2 unspecified atom stereocenters. The summed E-state index contributed by atoms with van der Waals surface area (Å²) < 4.78 is 70.5. The van der Waals surface area contributed by atoms with Crippen LogP contribution in [0.3, 0.4) is 0 Å². The molecular formula is C23H28F5N5O2. The van der Waals surface area contributed by atoms with Gasteiger partial charge in [-0.25, -0.2) is 8.78 Å². The molecular weight excluding hydrogens is 473 g/mol. The summed E-state index contributed by atoms with van der Waals surface area (Å²) in [7, 11) is 0. The minimum atomic E-state index is -4.53. The molecule has 6 N–H and O–H groups in total. The third-order valence-corrected chi connectivity index (χ3v) is 4.78. The number of carbonyl (C=O) groups is 1. The second kappa shape index (κ2) is 13.1. The smallest absolute Gasteiger partial charge is 0.382 e. The molecule has 0 saturated carbocycles. The average molecular weight is 502 g/mol. The zero-order chi connectivity index (χ0) is 26.0. The van der Waals surface area contributed by atoms with E-state index >= 15 is 0 Å². The van der Waals surface area contributed by atoms with E-state index in [1.54, 1.807) is 0 Å². The van der Waals surface area contributed by atoms with Gasteiger partial charge in [0, 0.05) is 37.4 Å². The molecule has 0 radical (unpaired) electrons. The highest BCUT2D eigenvalue weighted by atomic mass is 19.4. The van der Waals surface area contributed by atoms with E-state index in [9.17, 15) is 26.7 Å². The van der Waals surface area contributed by atoms with E-state index in [1.807, 2.05) is 6.92 Å². The number of carbonyl (C=O) groups excluding carboxylic acids is 1. The molecule has 0 heterocycles. The summed E-state index contributed by atoms with van der Waals surface area (Å²) in [5.41, 5.74) is 11.3. The van der Waals surface area contributed by atoms with E-state index in [0.29, 0.717) is 26.2 Å². The fraction of sp³-hybridized carbons (Fsp3) is 0.391. The summed E-state index contributed by atoms with van der Waals surface area (Å²) in [6.07, 6.45) is -4.82. The van der Waals surface area contributed by atoms with Crippen LogP contribution < -0.4 is 22.1 Å². The van der Waals surface area contributed by atoms with Gasteiger partial charge in [-0.15, -0.1) is 0 Å². The Balaban J connectivity index is 2.11. The van der Waals surface area contributed by atoms with Gasteiger partial charge < -0.3 is 26.8 Å². The highest BCUT2D eigenvalue weighted by molar-refractivity contribution is 6.02. The number of rotatable bonds is 10. The summed E-state index contributed by atoms with van der Waals surface area (Å²) in [5, 5.41) is 5.68. The Bertz CT molecular complexity index is 979. The summed E-state index contributed by atoms with van der Waals surface area (Å²) in [6, 6.07) is 5.70. The van der Waals surface area contributed by atoms with Crippen LogP contribution in [0, 0.1) is 11.6 Å². The lowest BCUT2D eigenvalue weighted by Crippen LogP contribution is -2.49. The Morgan fingerprint density at radius 2 is 1.71 bits per heavy atom. The fourth-order valence-electron chi connectivity index (χ4n) is 3.05. The molecule has 2 atom stereocenters. The zero-order valence-electron chi connectivity index (χ0n) is 19.0. The van der Waals surface area contributed by atoms with Gasteiger partial charge >= 0.3 is 6.18 Å². The van der Waals surface area contributed by atoms with Gasteiger partial charge in [-0.1, -0.05) is 0 Å². The van der Waals surface area contributed by atoms with Crippen LogP contribution in [0.2, 0.25) is 0 Å². The first kappa shape index (κ1) is 28.1. The molecule has 2 aromatic rings. The van der Waals surface area contributed by atoms with Crippen LogP contribution in [-0.2, 0) is 10.9 Å². The van der Waals surface area contributed by atoms with E-state index in [0.717, 1.165) is 42.5 Å². The number of nitrogens with zero attached hydrogens (tertiary/aromatic N) is 1. The maximum absolute atomic E-state index is 13.5. The standard InChI is InChI=1S/C23H28F5N5O2/c1-2-35-9-3-8-31-22(33-21(34)14-4-6-16(7-5-14)23(26,27)28)32-20(30)13-19(29)15-10-17(24)12-18(25)11-15/h4-7,10-12,19-20H,2-3,8-9,13,29-30H2,1H3,(H2,31,32,33,34). The minimum absolute atomic E-state index is 0.0248. The van der Waals surface area contributed by atoms with Crippen molar-refractivity contribution in [1.29, 1.82) is 0 Å². The second-order valence-corrected chi connectivity index (χ2v) is 7.61. The summed E-state index contributed by atoms with van der Waals surface area (Å²) in [6.45, 7) is 3.18. The molecule has 192 valence electrons. The number of guanidine groups is 1. The molecule has 0 spiro atoms. The van der Waals surface area contributed by atoms with Crippen molar-refractivity contribution in [2.45, 2.75) is 38.1 Å². The number of ether oxygens (including phenoxy) is 1. The van der Waals surface area contributed by atoms with E-state index in [2.05, 4.69) is 15.6 Å². The third-order valence-electron chi connectivity index (χ3n) is 4.78. The maximum atomic E-state index is 13.5. The van der Waals surface area contributed by atoms with Crippen molar-refractivity contribution in [3.05, 3.63) is 70.8 Å². The Morgan fingerprint density at radius 1 is 1.09 bits per heavy atom. The van der Waals surface area contributed by atoms with Crippen molar-refractivity contribution in [2.24, 2.45) is 16.5 Å². The van der Waals surface area contributed by atoms with Crippen molar-refractivity contribution in [3.63, 3.8) is 0 Å². The van der Waals surface area contributed by atoms with Crippen molar-refractivity contribution in [2.75, 3.05) is 19.8 Å².